The van der Waals surface area contributed by atoms with Crippen LogP contribution in [-0.4, -0.2) is 59.3 Å². The van der Waals surface area contributed by atoms with E-state index in [4.69, 9.17) is 9.47 Å². The Morgan fingerprint density at radius 2 is 1.77 bits per heavy atom. The van der Waals surface area contributed by atoms with Gasteiger partial charge in [-0.1, -0.05) is 0 Å². The third kappa shape index (κ3) is 4.70. The number of nitrogens with zero attached hydrogens (tertiary/aromatic N) is 4. The van der Waals surface area contributed by atoms with Crippen molar-refractivity contribution in [3.05, 3.63) is 70.3 Å². The molecule has 0 radical (unpaired) electrons. The molecule has 1 fully saturated rings. The summed E-state index contributed by atoms with van der Waals surface area (Å²) in [6, 6.07) is 12.2. The van der Waals surface area contributed by atoms with Crippen molar-refractivity contribution < 1.29 is 23.5 Å². The number of amides is 2. The summed E-state index contributed by atoms with van der Waals surface area (Å²) in [6.45, 7) is 1.75. The summed E-state index contributed by atoms with van der Waals surface area (Å²) < 4.78 is 25.4. The maximum absolute atomic E-state index is 13.2. The van der Waals surface area contributed by atoms with Gasteiger partial charge in [-0.2, -0.15) is 9.06 Å². The van der Waals surface area contributed by atoms with Gasteiger partial charge in [0, 0.05) is 18.7 Å². The zero-order valence-corrected chi connectivity index (χ0v) is 17.5. The first-order chi connectivity index (χ1) is 15.0. The van der Waals surface area contributed by atoms with Crippen LogP contribution in [0.25, 0.3) is 5.69 Å². The third-order valence-corrected chi connectivity index (χ3v) is 5.58. The molecule has 0 bridgehead atoms. The fourth-order valence-electron chi connectivity index (χ4n) is 2.97. The van der Waals surface area contributed by atoms with Crippen molar-refractivity contribution in [2.45, 2.75) is 0 Å². The number of halogens is 1. The van der Waals surface area contributed by atoms with Gasteiger partial charge in [-0.15, -0.1) is 5.10 Å². The van der Waals surface area contributed by atoms with Crippen LogP contribution in [-0.2, 0) is 4.74 Å². The Morgan fingerprint density at radius 1 is 1.10 bits per heavy atom. The molecule has 4 rings (SSSR count). The van der Waals surface area contributed by atoms with E-state index in [1.807, 2.05) is 0 Å². The monoisotopic (exact) mass is 442 g/mol. The van der Waals surface area contributed by atoms with Gasteiger partial charge in [0.2, 0.25) is 0 Å². The molecular weight excluding hydrogens is 423 g/mol. The average Bonchev–Trinajstić information content (AvgIpc) is 3.23. The second-order valence-corrected chi connectivity index (χ2v) is 7.56. The molecule has 1 aliphatic rings. The van der Waals surface area contributed by atoms with Crippen molar-refractivity contribution >= 4 is 23.3 Å². The molecule has 10 heteroatoms. The van der Waals surface area contributed by atoms with Crippen LogP contribution < -0.4 is 9.41 Å². The molecule has 0 saturated carbocycles. The van der Waals surface area contributed by atoms with E-state index in [2.05, 4.69) is 10.1 Å². The number of ether oxygens (including phenoxy) is 2. The van der Waals surface area contributed by atoms with Gasteiger partial charge in [0.05, 0.1) is 26.0 Å². The highest BCUT2D eigenvalue weighted by molar-refractivity contribution is 7.04. The Kier molecular flexibility index (Phi) is 6.19. The number of benzene rings is 2. The molecule has 1 saturated heterocycles. The van der Waals surface area contributed by atoms with E-state index in [-0.39, 0.29) is 21.8 Å². The fraction of sp³-hybridized carbons (Fsp3) is 0.238. The molecule has 8 nitrogen and oxygen atoms in total. The van der Waals surface area contributed by atoms with Crippen molar-refractivity contribution in [1.82, 2.24) is 14.1 Å². The molecule has 31 heavy (non-hydrogen) atoms. The minimum atomic E-state index is -0.582. The zero-order valence-electron chi connectivity index (χ0n) is 16.7. The van der Waals surface area contributed by atoms with Gasteiger partial charge in [0.1, 0.15) is 11.6 Å². The molecule has 0 unspecified atom stereocenters. The van der Waals surface area contributed by atoms with Crippen LogP contribution in [0.2, 0.25) is 0 Å². The number of methoxy groups -OCH3 is 1. The second-order valence-electron chi connectivity index (χ2n) is 6.64. The molecular formula is C21H19FN4O4S. The minimum Gasteiger partial charge on any atom is -0.497 e. The summed E-state index contributed by atoms with van der Waals surface area (Å²) in [7, 11) is 1.57. The maximum atomic E-state index is 13.2. The van der Waals surface area contributed by atoms with Crippen LogP contribution in [0.15, 0.2) is 53.5 Å². The quantitative estimate of drug-likeness (QED) is 0.619. The molecule has 2 heterocycles. The highest BCUT2D eigenvalue weighted by atomic mass is 32.1. The van der Waals surface area contributed by atoms with Gasteiger partial charge in [-0.05, 0) is 60.1 Å². The van der Waals surface area contributed by atoms with Crippen LogP contribution in [0.1, 0.15) is 20.8 Å². The second kappa shape index (κ2) is 9.19. The van der Waals surface area contributed by atoms with E-state index in [1.165, 1.54) is 28.3 Å². The SMILES string of the molecule is COc1ccc(-n2nc(C(=O)N3CCOCC3)c(=NC(=O)c3ccc(F)cc3)s2)cc1. The number of carbonyl (C=O) groups excluding carboxylic acids is 2. The lowest BCUT2D eigenvalue weighted by atomic mass is 10.2. The Labute approximate surface area is 181 Å². The predicted octanol–water partition coefficient (Wildman–Crippen LogP) is 2.30. The van der Waals surface area contributed by atoms with Crippen molar-refractivity contribution in [1.29, 1.82) is 0 Å². The standard InChI is InChI=1S/C21H19FN4O4S/c1-29-17-8-6-16(7-9-17)26-24-18(21(28)25-10-12-30-13-11-25)20(31-26)23-19(27)14-2-4-15(22)5-3-14/h2-9H,10-13H2,1H3. The van der Waals surface area contributed by atoms with Crippen LogP contribution >= 0.6 is 11.5 Å². The Morgan fingerprint density at radius 3 is 2.42 bits per heavy atom. The van der Waals surface area contributed by atoms with Crippen molar-refractivity contribution in [2.75, 3.05) is 33.4 Å². The maximum Gasteiger partial charge on any atom is 0.278 e. The normalized spacial score (nSPS) is 14.5. The van der Waals surface area contributed by atoms with E-state index >= 15 is 0 Å². The molecule has 1 aromatic heterocycles. The zero-order chi connectivity index (χ0) is 21.8. The first-order valence-corrected chi connectivity index (χ1v) is 10.3. The number of rotatable bonds is 4. The van der Waals surface area contributed by atoms with E-state index in [0.29, 0.717) is 37.7 Å². The number of morpholine rings is 1. The molecule has 1 aliphatic heterocycles. The summed E-state index contributed by atoms with van der Waals surface area (Å²) in [5, 5.41) is 4.43. The van der Waals surface area contributed by atoms with Crippen LogP contribution in [0.3, 0.4) is 0 Å². The van der Waals surface area contributed by atoms with Gasteiger partial charge < -0.3 is 14.4 Å². The van der Waals surface area contributed by atoms with Crippen LogP contribution in [0.4, 0.5) is 4.39 Å². The topological polar surface area (TPSA) is 86.0 Å². The Balaban J connectivity index is 1.75. The van der Waals surface area contributed by atoms with Gasteiger partial charge >= 0.3 is 0 Å². The van der Waals surface area contributed by atoms with E-state index in [1.54, 1.807) is 36.3 Å². The van der Waals surface area contributed by atoms with E-state index in [9.17, 15) is 14.0 Å². The van der Waals surface area contributed by atoms with Crippen LogP contribution in [0.5, 0.6) is 5.75 Å². The number of hydrogen-bond acceptors (Lipinski definition) is 6. The summed E-state index contributed by atoms with van der Waals surface area (Å²) in [4.78, 5) is 31.5. The lowest BCUT2D eigenvalue weighted by Gasteiger charge is -2.25. The largest absolute Gasteiger partial charge is 0.497 e. The molecule has 160 valence electrons. The van der Waals surface area contributed by atoms with Gasteiger partial charge in [-0.3, -0.25) is 9.59 Å². The minimum absolute atomic E-state index is 0.0816. The van der Waals surface area contributed by atoms with Crippen molar-refractivity contribution in [3.63, 3.8) is 0 Å². The lowest BCUT2D eigenvalue weighted by molar-refractivity contribution is 0.0297. The van der Waals surface area contributed by atoms with Crippen molar-refractivity contribution in [3.8, 4) is 11.4 Å². The number of aromatic nitrogens is 2. The van der Waals surface area contributed by atoms with Gasteiger partial charge in [0.15, 0.2) is 10.4 Å². The van der Waals surface area contributed by atoms with Crippen LogP contribution in [0, 0.1) is 5.82 Å². The predicted molar refractivity (Wildman–Crippen MR) is 111 cm³/mol. The fourth-order valence-corrected chi connectivity index (χ4v) is 3.82. The average molecular weight is 442 g/mol. The van der Waals surface area contributed by atoms with E-state index in [0.717, 1.165) is 11.5 Å². The highest BCUT2D eigenvalue weighted by Gasteiger charge is 2.24. The smallest absolute Gasteiger partial charge is 0.278 e. The molecule has 3 aromatic rings. The molecule has 0 aliphatic carbocycles. The first-order valence-electron chi connectivity index (χ1n) is 9.52. The molecule has 0 spiro atoms. The number of hydrogen-bond donors (Lipinski definition) is 0. The van der Waals surface area contributed by atoms with E-state index < -0.39 is 11.7 Å². The lowest BCUT2D eigenvalue weighted by Crippen LogP contribution is -2.42. The Bertz CT molecular complexity index is 1150. The summed E-state index contributed by atoms with van der Waals surface area (Å²) in [5.74, 6) is -0.671. The molecule has 0 N–H and O–H groups in total. The summed E-state index contributed by atoms with van der Waals surface area (Å²) in [6.07, 6.45) is 0. The summed E-state index contributed by atoms with van der Waals surface area (Å²) >= 11 is 1.07. The van der Waals surface area contributed by atoms with Gasteiger partial charge in [-0.25, -0.2) is 4.39 Å². The molecule has 0 atom stereocenters. The molecule has 2 amide bonds. The summed E-state index contributed by atoms with van der Waals surface area (Å²) in [5.41, 5.74) is 0.992. The first kappa shape index (κ1) is 20.9. The molecule has 2 aromatic carbocycles. The third-order valence-electron chi connectivity index (χ3n) is 4.65. The van der Waals surface area contributed by atoms with Crippen molar-refractivity contribution in [2.24, 2.45) is 4.99 Å². The highest BCUT2D eigenvalue weighted by Crippen LogP contribution is 2.16. The Hall–Kier alpha value is -3.37. The van der Waals surface area contributed by atoms with Gasteiger partial charge in [0.25, 0.3) is 11.8 Å². The number of carbonyl (C=O) groups is 2.